The van der Waals surface area contributed by atoms with Crippen molar-refractivity contribution in [3.8, 4) is 0 Å². The zero-order chi connectivity index (χ0) is 20.1. The van der Waals surface area contributed by atoms with Crippen LogP contribution in [0.4, 0.5) is 23.7 Å². The van der Waals surface area contributed by atoms with Crippen molar-refractivity contribution in [2.45, 2.75) is 12.2 Å². The second kappa shape index (κ2) is 8.39. The highest BCUT2D eigenvalue weighted by molar-refractivity contribution is 9.10. The molecule has 144 valence electrons. The molecule has 2 amide bonds. The number of urea groups is 1. The van der Waals surface area contributed by atoms with E-state index in [9.17, 15) is 18.0 Å². The maximum Gasteiger partial charge on any atom is 0.416 e. The first-order chi connectivity index (χ1) is 13.3. The van der Waals surface area contributed by atoms with Gasteiger partial charge in [0, 0.05) is 23.1 Å². The van der Waals surface area contributed by atoms with Crippen molar-refractivity contribution >= 4 is 27.6 Å². The molecule has 5 nitrogen and oxygen atoms in total. The maximum atomic E-state index is 12.9. The molecule has 0 aliphatic rings. The molecule has 1 unspecified atom stereocenters. The number of hydrogen-bond donors (Lipinski definition) is 2. The van der Waals surface area contributed by atoms with E-state index in [0.29, 0.717) is 21.3 Å². The van der Waals surface area contributed by atoms with Gasteiger partial charge in [-0.15, -0.1) is 0 Å². The van der Waals surface area contributed by atoms with Gasteiger partial charge in [0.1, 0.15) is 0 Å². The maximum absolute atomic E-state index is 12.9. The Balaban J connectivity index is 1.90. The molecule has 3 aromatic rings. The summed E-state index contributed by atoms with van der Waals surface area (Å²) in [5, 5.41) is 5.42. The number of nitrogens with zero attached hydrogens (tertiary/aromatic N) is 2. The number of carbonyl (C=O) groups excluding carboxylic acids is 1. The molecule has 0 spiro atoms. The average molecular weight is 451 g/mol. The van der Waals surface area contributed by atoms with Gasteiger partial charge in [0.25, 0.3) is 0 Å². The molecule has 9 heteroatoms. The summed E-state index contributed by atoms with van der Waals surface area (Å²) in [5.74, 6) is 0. The van der Waals surface area contributed by atoms with Crippen LogP contribution in [0.3, 0.4) is 0 Å². The van der Waals surface area contributed by atoms with Gasteiger partial charge in [-0.05, 0) is 57.4 Å². The Morgan fingerprint density at radius 3 is 2.32 bits per heavy atom. The minimum atomic E-state index is -4.43. The van der Waals surface area contributed by atoms with E-state index in [1.165, 1.54) is 24.5 Å². The number of pyridine rings is 2. The standard InChI is InChI=1S/C19H14BrF3N4O/c20-16-11-25-9-7-15(16)17(12-3-5-13(6-4-12)19(21,22)23)27-18(28)26-14-2-1-8-24-10-14/h1-11,17H,(H2,26,27,28). The van der Waals surface area contributed by atoms with Crippen LogP contribution in [0.15, 0.2) is 71.7 Å². The number of benzene rings is 1. The van der Waals surface area contributed by atoms with Crippen LogP contribution in [0.25, 0.3) is 0 Å². The van der Waals surface area contributed by atoms with E-state index in [2.05, 4.69) is 36.5 Å². The molecule has 2 aromatic heterocycles. The average Bonchev–Trinajstić information content (AvgIpc) is 2.67. The molecule has 2 heterocycles. The van der Waals surface area contributed by atoms with Gasteiger partial charge < -0.3 is 10.6 Å². The van der Waals surface area contributed by atoms with Crippen LogP contribution < -0.4 is 10.6 Å². The molecule has 1 aromatic carbocycles. The largest absolute Gasteiger partial charge is 0.416 e. The number of carbonyl (C=O) groups is 1. The predicted octanol–water partition coefficient (Wildman–Crippen LogP) is 5.17. The van der Waals surface area contributed by atoms with E-state index in [-0.39, 0.29) is 0 Å². The highest BCUT2D eigenvalue weighted by Crippen LogP contribution is 2.32. The van der Waals surface area contributed by atoms with Gasteiger partial charge in [0.05, 0.1) is 23.5 Å². The molecular weight excluding hydrogens is 437 g/mol. The van der Waals surface area contributed by atoms with Crippen LogP contribution in [0, 0.1) is 0 Å². The zero-order valence-corrected chi connectivity index (χ0v) is 15.8. The van der Waals surface area contributed by atoms with Gasteiger partial charge >= 0.3 is 12.2 Å². The van der Waals surface area contributed by atoms with E-state index >= 15 is 0 Å². The molecule has 0 fully saturated rings. The SMILES string of the molecule is O=C(Nc1cccnc1)NC(c1ccc(C(F)(F)F)cc1)c1ccncc1Br. The van der Waals surface area contributed by atoms with Gasteiger partial charge in [-0.25, -0.2) is 4.79 Å². The number of aromatic nitrogens is 2. The van der Waals surface area contributed by atoms with Crippen LogP contribution in [-0.2, 0) is 6.18 Å². The van der Waals surface area contributed by atoms with Crippen molar-refractivity contribution in [3.63, 3.8) is 0 Å². The fourth-order valence-electron chi connectivity index (χ4n) is 2.56. The number of hydrogen-bond acceptors (Lipinski definition) is 3. The third-order valence-corrected chi connectivity index (χ3v) is 4.54. The Morgan fingerprint density at radius 1 is 1.00 bits per heavy atom. The topological polar surface area (TPSA) is 66.9 Å². The van der Waals surface area contributed by atoms with Crippen molar-refractivity contribution < 1.29 is 18.0 Å². The lowest BCUT2D eigenvalue weighted by Crippen LogP contribution is -2.33. The first-order valence-corrected chi connectivity index (χ1v) is 8.88. The summed E-state index contributed by atoms with van der Waals surface area (Å²) in [6.45, 7) is 0. The van der Waals surface area contributed by atoms with Crippen LogP contribution in [0.1, 0.15) is 22.7 Å². The number of halogens is 4. The molecule has 0 saturated carbocycles. The minimum Gasteiger partial charge on any atom is -0.327 e. The lowest BCUT2D eigenvalue weighted by Gasteiger charge is -2.21. The molecule has 0 aliphatic carbocycles. The van der Waals surface area contributed by atoms with E-state index in [1.54, 1.807) is 30.6 Å². The van der Waals surface area contributed by atoms with Crippen LogP contribution in [0.5, 0.6) is 0 Å². The van der Waals surface area contributed by atoms with Crippen LogP contribution >= 0.6 is 15.9 Å². The van der Waals surface area contributed by atoms with Crippen molar-refractivity contribution in [1.82, 2.24) is 15.3 Å². The smallest absolute Gasteiger partial charge is 0.327 e. The van der Waals surface area contributed by atoms with Gasteiger partial charge in [-0.1, -0.05) is 12.1 Å². The first kappa shape index (κ1) is 19.8. The summed E-state index contributed by atoms with van der Waals surface area (Å²) in [6.07, 6.45) is 1.71. The molecule has 3 rings (SSSR count). The van der Waals surface area contributed by atoms with Gasteiger partial charge in [-0.3, -0.25) is 9.97 Å². The van der Waals surface area contributed by atoms with Crippen molar-refractivity contribution in [2.24, 2.45) is 0 Å². The molecule has 0 radical (unpaired) electrons. The third kappa shape index (κ3) is 4.86. The fraction of sp³-hybridized carbons (Fsp3) is 0.105. The molecule has 0 saturated heterocycles. The van der Waals surface area contributed by atoms with E-state index in [0.717, 1.165) is 12.1 Å². The highest BCUT2D eigenvalue weighted by atomic mass is 79.9. The normalized spacial score (nSPS) is 12.3. The number of anilines is 1. The van der Waals surface area contributed by atoms with E-state index in [1.807, 2.05) is 0 Å². The van der Waals surface area contributed by atoms with Gasteiger partial charge in [-0.2, -0.15) is 13.2 Å². The van der Waals surface area contributed by atoms with Crippen molar-refractivity contribution in [1.29, 1.82) is 0 Å². The van der Waals surface area contributed by atoms with Crippen LogP contribution in [0.2, 0.25) is 0 Å². The molecule has 0 bridgehead atoms. The molecule has 28 heavy (non-hydrogen) atoms. The number of amides is 2. The Bertz CT molecular complexity index is 949. The van der Waals surface area contributed by atoms with Crippen molar-refractivity contribution in [2.75, 3.05) is 5.32 Å². The van der Waals surface area contributed by atoms with E-state index < -0.39 is 23.8 Å². The summed E-state index contributed by atoms with van der Waals surface area (Å²) in [5.41, 5.74) is 0.862. The lowest BCUT2D eigenvalue weighted by molar-refractivity contribution is -0.137. The highest BCUT2D eigenvalue weighted by Gasteiger charge is 2.30. The predicted molar refractivity (Wildman–Crippen MR) is 102 cm³/mol. The molecule has 0 aliphatic heterocycles. The lowest BCUT2D eigenvalue weighted by atomic mass is 9.98. The summed E-state index contributed by atoms with van der Waals surface area (Å²) in [7, 11) is 0. The third-order valence-electron chi connectivity index (χ3n) is 3.88. The first-order valence-electron chi connectivity index (χ1n) is 8.08. The summed E-state index contributed by atoms with van der Waals surface area (Å²) < 4.78 is 39.2. The van der Waals surface area contributed by atoms with Crippen molar-refractivity contribution in [3.05, 3.63) is 88.4 Å². The second-order valence-corrected chi connectivity index (χ2v) is 6.64. The summed E-state index contributed by atoms with van der Waals surface area (Å²) >= 11 is 3.37. The Kier molecular flexibility index (Phi) is 5.93. The molecular formula is C19H14BrF3N4O. The second-order valence-electron chi connectivity index (χ2n) is 5.79. The Morgan fingerprint density at radius 2 is 1.71 bits per heavy atom. The van der Waals surface area contributed by atoms with Crippen LogP contribution in [-0.4, -0.2) is 16.0 Å². The van der Waals surface area contributed by atoms with E-state index in [4.69, 9.17) is 0 Å². The molecule has 1 atom stereocenters. The minimum absolute atomic E-state index is 0.486. The monoisotopic (exact) mass is 450 g/mol. The zero-order valence-electron chi connectivity index (χ0n) is 14.2. The summed E-state index contributed by atoms with van der Waals surface area (Å²) in [4.78, 5) is 20.3. The summed E-state index contributed by atoms with van der Waals surface area (Å²) in [6, 6.07) is 8.44. The fourth-order valence-corrected chi connectivity index (χ4v) is 3.04. The Labute approximate surface area is 167 Å². The number of nitrogens with one attached hydrogen (secondary N) is 2. The quantitative estimate of drug-likeness (QED) is 0.576. The van der Waals surface area contributed by atoms with Gasteiger partial charge in [0.15, 0.2) is 0 Å². The molecule has 2 N–H and O–H groups in total. The van der Waals surface area contributed by atoms with Gasteiger partial charge in [0.2, 0.25) is 0 Å². The number of alkyl halides is 3. The number of rotatable bonds is 4. The Hall–Kier alpha value is -2.94.